The minimum absolute atomic E-state index is 0.0232. The Morgan fingerprint density at radius 1 is 1.42 bits per heavy atom. The van der Waals surface area contributed by atoms with Crippen LogP contribution in [0.1, 0.15) is 47.3 Å². The Balaban J connectivity index is 2.91. The highest BCUT2D eigenvalue weighted by molar-refractivity contribution is 7.14. The van der Waals surface area contributed by atoms with E-state index in [-0.39, 0.29) is 18.4 Å². The lowest BCUT2D eigenvalue weighted by Gasteiger charge is -2.26. The Hall–Kier alpha value is -1.36. The predicted octanol–water partition coefficient (Wildman–Crippen LogP) is 2.94. The molecule has 0 fully saturated rings. The number of carboxylic acids is 1. The van der Waals surface area contributed by atoms with E-state index in [0.717, 1.165) is 11.3 Å². The first kappa shape index (κ1) is 15.7. The molecule has 1 amide bonds. The molecule has 1 heterocycles. The first-order chi connectivity index (χ1) is 8.90. The zero-order valence-electron chi connectivity index (χ0n) is 11.9. The summed E-state index contributed by atoms with van der Waals surface area (Å²) in [4.78, 5) is 26.7. The van der Waals surface area contributed by atoms with Gasteiger partial charge in [-0.1, -0.05) is 6.92 Å². The van der Waals surface area contributed by atoms with Crippen LogP contribution in [-0.2, 0) is 11.2 Å². The van der Waals surface area contributed by atoms with E-state index in [1.54, 1.807) is 11.8 Å². The largest absolute Gasteiger partial charge is 0.481 e. The summed E-state index contributed by atoms with van der Waals surface area (Å²) in [5.74, 6) is -0.945. The van der Waals surface area contributed by atoms with Gasteiger partial charge in [0.05, 0.1) is 11.3 Å². The summed E-state index contributed by atoms with van der Waals surface area (Å²) in [6.45, 7) is 8.24. The van der Waals surface area contributed by atoms with Gasteiger partial charge in [-0.2, -0.15) is 0 Å². The van der Waals surface area contributed by atoms with Crippen LogP contribution in [0.2, 0.25) is 0 Å². The molecule has 0 saturated heterocycles. The molecule has 1 aromatic rings. The van der Waals surface area contributed by atoms with Gasteiger partial charge in [-0.3, -0.25) is 9.59 Å². The predicted molar refractivity (Wildman–Crippen MR) is 76.9 cm³/mol. The molecule has 1 rings (SSSR count). The molecule has 0 bridgehead atoms. The molecular weight excluding hydrogens is 262 g/mol. The summed E-state index contributed by atoms with van der Waals surface area (Å²) >= 11 is 1.49. The fourth-order valence-corrected chi connectivity index (χ4v) is 3.21. The maximum absolute atomic E-state index is 12.4. The third-order valence-corrected chi connectivity index (χ3v) is 4.30. The van der Waals surface area contributed by atoms with E-state index >= 15 is 0 Å². The molecule has 0 saturated carbocycles. The van der Waals surface area contributed by atoms with Crippen molar-refractivity contribution in [2.45, 2.75) is 46.6 Å². The number of carboxylic acid groups (broad SMARTS) is 1. The molecule has 5 heteroatoms. The molecule has 1 N–H and O–H groups in total. The van der Waals surface area contributed by atoms with E-state index in [1.165, 1.54) is 16.9 Å². The molecular formula is C14H21NO3S. The lowest BCUT2D eigenvalue weighted by atomic mass is 10.1. The van der Waals surface area contributed by atoms with Crippen molar-refractivity contribution in [2.24, 2.45) is 0 Å². The minimum Gasteiger partial charge on any atom is -0.481 e. The van der Waals surface area contributed by atoms with Crippen molar-refractivity contribution in [1.82, 2.24) is 4.90 Å². The van der Waals surface area contributed by atoms with Crippen LogP contribution < -0.4 is 0 Å². The van der Waals surface area contributed by atoms with Gasteiger partial charge in [-0.05, 0) is 38.8 Å². The fourth-order valence-electron chi connectivity index (χ4n) is 2.14. The standard InChI is InChI=1S/C14H21NO3S/c1-5-11-8-12(19-10(11)4)14(18)15(6-2)9(3)7-13(16)17/h8-9H,5-7H2,1-4H3,(H,16,17). The molecule has 4 nitrogen and oxygen atoms in total. The number of carbonyl (C=O) groups is 2. The number of amides is 1. The molecule has 0 aliphatic carbocycles. The zero-order chi connectivity index (χ0) is 14.6. The molecule has 106 valence electrons. The van der Waals surface area contributed by atoms with Crippen LogP contribution in [0.25, 0.3) is 0 Å². The zero-order valence-corrected chi connectivity index (χ0v) is 12.7. The Kier molecular flexibility index (Phi) is 5.54. The second kappa shape index (κ2) is 6.70. The highest BCUT2D eigenvalue weighted by Gasteiger charge is 2.23. The summed E-state index contributed by atoms with van der Waals surface area (Å²) in [5, 5.41) is 8.83. The number of carbonyl (C=O) groups excluding carboxylic acids is 1. The first-order valence-electron chi connectivity index (χ1n) is 6.52. The summed E-state index contributed by atoms with van der Waals surface area (Å²) in [5.41, 5.74) is 1.19. The van der Waals surface area contributed by atoms with Crippen molar-refractivity contribution in [2.75, 3.05) is 6.54 Å². The second-order valence-corrected chi connectivity index (χ2v) is 5.84. The Labute approximate surface area is 118 Å². The van der Waals surface area contributed by atoms with Crippen LogP contribution in [0, 0.1) is 6.92 Å². The maximum Gasteiger partial charge on any atom is 0.305 e. The molecule has 1 unspecified atom stereocenters. The van der Waals surface area contributed by atoms with E-state index in [0.29, 0.717) is 11.4 Å². The van der Waals surface area contributed by atoms with Crippen molar-refractivity contribution in [1.29, 1.82) is 0 Å². The molecule has 1 aromatic heterocycles. The monoisotopic (exact) mass is 283 g/mol. The van der Waals surface area contributed by atoms with Gasteiger partial charge < -0.3 is 10.0 Å². The van der Waals surface area contributed by atoms with Gasteiger partial charge in [0.25, 0.3) is 5.91 Å². The highest BCUT2D eigenvalue weighted by Crippen LogP contribution is 2.24. The van der Waals surface area contributed by atoms with Gasteiger partial charge in [-0.25, -0.2) is 0 Å². The summed E-state index contributed by atoms with van der Waals surface area (Å²) in [6, 6.07) is 1.64. The smallest absolute Gasteiger partial charge is 0.305 e. The lowest BCUT2D eigenvalue weighted by molar-refractivity contribution is -0.138. The average Bonchev–Trinajstić information content (AvgIpc) is 2.70. The number of rotatable bonds is 6. The molecule has 0 spiro atoms. The molecule has 19 heavy (non-hydrogen) atoms. The first-order valence-corrected chi connectivity index (χ1v) is 7.34. The van der Waals surface area contributed by atoms with E-state index in [2.05, 4.69) is 6.92 Å². The third kappa shape index (κ3) is 3.80. The van der Waals surface area contributed by atoms with E-state index < -0.39 is 5.97 Å². The SMILES string of the molecule is CCc1cc(C(=O)N(CC)C(C)CC(=O)O)sc1C. The molecule has 0 aromatic carbocycles. The van der Waals surface area contributed by atoms with Crippen molar-refractivity contribution < 1.29 is 14.7 Å². The van der Waals surface area contributed by atoms with Gasteiger partial charge in [0.1, 0.15) is 0 Å². The summed E-state index contributed by atoms with van der Waals surface area (Å²) in [7, 11) is 0. The van der Waals surface area contributed by atoms with Crippen LogP contribution >= 0.6 is 11.3 Å². The van der Waals surface area contributed by atoms with Crippen LogP contribution in [0.4, 0.5) is 0 Å². The second-order valence-electron chi connectivity index (χ2n) is 4.58. The third-order valence-electron chi connectivity index (χ3n) is 3.22. The fraction of sp³-hybridized carbons (Fsp3) is 0.571. The average molecular weight is 283 g/mol. The minimum atomic E-state index is -0.879. The topological polar surface area (TPSA) is 57.6 Å². The van der Waals surface area contributed by atoms with Gasteiger partial charge >= 0.3 is 5.97 Å². The van der Waals surface area contributed by atoms with Crippen LogP contribution in [0.5, 0.6) is 0 Å². The van der Waals surface area contributed by atoms with Crippen LogP contribution in [0.3, 0.4) is 0 Å². The molecule has 1 atom stereocenters. The van der Waals surface area contributed by atoms with E-state index in [4.69, 9.17) is 5.11 Å². The van der Waals surface area contributed by atoms with Gasteiger partial charge in [0, 0.05) is 17.5 Å². The number of thiophene rings is 1. The van der Waals surface area contributed by atoms with Gasteiger partial charge in [0.2, 0.25) is 0 Å². The number of aliphatic carboxylic acids is 1. The van der Waals surface area contributed by atoms with Crippen molar-refractivity contribution >= 4 is 23.2 Å². The van der Waals surface area contributed by atoms with E-state index in [9.17, 15) is 9.59 Å². The van der Waals surface area contributed by atoms with Crippen molar-refractivity contribution in [3.8, 4) is 0 Å². The summed E-state index contributed by atoms with van der Waals surface area (Å²) < 4.78 is 0. The van der Waals surface area contributed by atoms with Crippen molar-refractivity contribution in [3.05, 3.63) is 21.4 Å². The number of nitrogens with zero attached hydrogens (tertiary/aromatic N) is 1. The van der Waals surface area contributed by atoms with Crippen LogP contribution in [-0.4, -0.2) is 34.5 Å². The maximum atomic E-state index is 12.4. The van der Waals surface area contributed by atoms with Crippen LogP contribution in [0.15, 0.2) is 6.07 Å². The summed E-state index contributed by atoms with van der Waals surface area (Å²) in [6.07, 6.45) is 0.886. The Bertz CT molecular complexity index is 467. The quantitative estimate of drug-likeness (QED) is 0.873. The van der Waals surface area contributed by atoms with Gasteiger partial charge in [-0.15, -0.1) is 11.3 Å². The molecule has 0 aliphatic heterocycles. The number of hydrogen-bond donors (Lipinski definition) is 1. The molecule has 0 radical (unpaired) electrons. The lowest BCUT2D eigenvalue weighted by Crippen LogP contribution is -2.39. The normalized spacial score (nSPS) is 12.2. The Morgan fingerprint density at radius 2 is 2.05 bits per heavy atom. The van der Waals surface area contributed by atoms with Crippen molar-refractivity contribution in [3.63, 3.8) is 0 Å². The number of aryl methyl sites for hydroxylation is 2. The van der Waals surface area contributed by atoms with Gasteiger partial charge in [0.15, 0.2) is 0 Å². The highest BCUT2D eigenvalue weighted by atomic mass is 32.1. The van der Waals surface area contributed by atoms with E-state index in [1.807, 2.05) is 19.9 Å². The Morgan fingerprint density at radius 3 is 2.47 bits per heavy atom. The molecule has 0 aliphatic rings. The number of hydrogen-bond acceptors (Lipinski definition) is 3.